The van der Waals surface area contributed by atoms with E-state index in [4.69, 9.17) is 51.4 Å². The number of alkyl halides is 3. The smallest absolute Gasteiger partial charge is 0.490 e. The Balaban J connectivity index is 0.00000121. The highest BCUT2D eigenvalue weighted by Gasteiger charge is 2.38. The number of thiophene rings is 1. The third kappa shape index (κ3) is 13.7. The molecule has 1 atom stereocenters. The first-order valence-corrected chi connectivity index (χ1v) is 18.8. The number of carboxylic acids is 1. The lowest BCUT2D eigenvalue weighted by molar-refractivity contribution is -0.192. The largest absolute Gasteiger partial charge is 0.490 e. The Kier molecular flexibility index (Phi) is 15.9. The number of hydrogen-bond acceptors (Lipinski definition) is 11. The molecule has 17 nitrogen and oxygen atoms in total. The zero-order chi connectivity index (χ0) is 39.3. The molecule has 0 aliphatic carbocycles. The molecule has 286 valence electrons. The molecule has 11 N–H and O–H groups in total. The number of guanidine groups is 2. The van der Waals surface area contributed by atoms with Gasteiger partial charge in [0.1, 0.15) is 28.1 Å². The number of sulfonamides is 1. The highest BCUT2D eigenvalue weighted by atomic mass is 32.2. The summed E-state index contributed by atoms with van der Waals surface area (Å²) in [6, 6.07) is 7.90. The summed E-state index contributed by atoms with van der Waals surface area (Å²) in [6.07, 6.45) is -4.77. The van der Waals surface area contributed by atoms with Gasteiger partial charge < -0.3 is 46.1 Å². The molecule has 1 aromatic heterocycles. The maximum Gasteiger partial charge on any atom is 0.490 e. The fourth-order valence-electron chi connectivity index (χ4n) is 3.94. The predicted octanol–water partition coefficient (Wildman–Crippen LogP) is 3.11. The minimum atomic E-state index is -5.08. The van der Waals surface area contributed by atoms with Crippen molar-refractivity contribution in [3.05, 3.63) is 47.3 Å². The van der Waals surface area contributed by atoms with Gasteiger partial charge in [-0.2, -0.15) is 23.2 Å². The van der Waals surface area contributed by atoms with E-state index in [1.807, 2.05) is 0 Å². The standard InChI is InChI=1S/C26H34FN8O7PS2.C2HF3O2/c1-2-18-19-12-21(40-9-3-7-33-25(29)30)22(41-10-4-8-34-26(31)32)13-23(19)44-24(18)45(38,39)35-15-43(36,37)42-17-6-5-16(14-28)20(27)11-17;3-2(4,5)1(6)7/h5-6,11-13,35H,2-4,7-10,15H2,1H3,(H,36,37)(H4,29,30,33)(H4,31,32,34);(H,6,7). The van der Waals surface area contributed by atoms with Crippen LogP contribution in [0.2, 0.25) is 0 Å². The van der Waals surface area contributed by atoms with E-state index >= 15 is 0 Å². The monoisotopic (exact) mass is 798 g/mol. The number of nitriles is 1. The van der Waals surface area contributed by atoms with E-state index in [-0.39, 0.29) is 40.7 Å². The molecular formula is C28H35F4N8O9PS2. The van der Waals surface area contributed by atoms with Gasteiger partial charge in [0, 0.05) is 35.3 Å². The van der Waals surface area contributed by atoms with Gasteiger partial charge in [0.05, 0.1) is 18.8 Å². The minimum absolute atomic E-state index is 0.0798. The number of nitrogens with one attached hydrogen (secondary N) is 5. The highest BCUT2D eigenvalue weighted by Crippen LogP contribution is 2.44. The van der Waals surface area contributed by atoms with Crippen molar-refractivity contribution in [2.24, 2.45) is 11.5 Å². The van der Waals surface area contributed by atoms with E-state index in [1.54, 1.807) is 25.1 Å². The quantitative estimate of drug-likeness (QED) is 0.0312. The first-order valence-electron chi connectivity index (χ1n) is 14.7. The van der Waals surface area contributed by atoms with Crippen molar-refractivity contribution in [2.75, 3.05) is 32.6 Å². The van der Waals surface area contributed by atoms with Crippen LogP contribution in [-0.2, 0) is 25.8 Å². The first kappa shape index (κ1) is 43.3. The number of halogens is 4. The van der Waals surface area contributed by atoms with Gasteiger partial charge in [-0.3, -0.25) is 10.8 Å². The van der Waals surface area contributed by atoms with Crippen LogP contribution in [0.15, 0.2) is 34.5 Å². The van der Waals surface area contributed by atoms with Gasteiger partial charge in [-0.1, -0.05) is 6.92 Å². The molecule has 24 heteroatoms. The van der Waals surface area contributed by atoms with Crippen molar-refractivity contribution >= 4 is 56.9 Å². The lowest BCUT2D eigenvalue weighted by Crippen LogP contribution is -2.31. The summed E-state index contributed by atoms with van der Waals surface area (Å²) in [5.41, 5.74) is 10.8. The molecule has 0 radical (unpaired) electrons. The number of carbonyl (C=O) groups is 1. The van der Waals surface area contributed by atoms with Gasteiger partial charge in [-0.15, -0.1) is 11.3 Å². The number of hydrogen-bond donors (Lipinski definition) is 9. The topological polar surface area (TPSA) is 296 Å². The summed E-state index contributed by atoms with van der Waals surface area (Å²) < 4.78 is 104. The Bertz CT molecular complexity index is 1960. The third-order valence-corrected chi connectivity index (χ3v) is 10.6. The molecule has 0 spiro atoms. The fourth-order valence-corrected chi connectivity index (χ4v) is 8.41. The second-order valence-corrected chi connectivity index (χ2v) is 15.0. The van der Waals surface area contributed by atoms with Gasteiger partial charge in [-0.05, 0) is 43.0 Å². The Morgan fingerprint density at radius 1 is 1.06 bits per heavy atom. The maximum atomic E-state index is 13.9. The van der Waals surface area contributed by atoms with Gasteiger partial charge >= 0.3 is 19.7 Å². The van der Waals surface area contributed by atoms with Crippen molar-refractivity contribution in [3.63, 3.8) is 0 Å². The Morgan fingerprint density at radius 2 is 1.60 bits per heavy atom. The zero-order valence-corrected chi connectivity index (χ0v) is 29.7. The SMILES string of the molecule is CCc1c(S(=O)(=O)NCP(=O)(O)Oc2ccc(C#N)c(F)c2)sc2cc(OCCCNC(=N)N)c(OCCCNC(=N)N)cc12.O=C(O)C(F)(F)F. The summed E-state index contributed by atoms with van der Waals surface area (Å²) in [6.45, 7) is 3.04. The van der Waals surface area contributed by atoms with Crippen LogP contribution < -0.4 is 40.8 Å². The normalized spacial score (nSPS) is 12.4. The minimum Gasteiger partial charge on any atom is -0.490 e. The van der Waals surface area contributed by atoms with Crippen molar-refractivity contribution in [1.82, 2.24) is 15.4 Å². The second-order valence-electron chi connectivity index (χ2n) is 10.2. The molecule has 1 heterocycles. The van der Waals surface area contributed by atoms with Gasteiger partial charge in [0.2, 0.25) is 0 Å². The molecule has 0 fully saturated rings. The van der Waals surface area contributed by atoms with E-state index < -0.39 is 41.9 Å². The summed E-state index contributed by atoms with van der Waals surface area (Å²) in [5.74, 6) is -3.68. The van der Waals surface area contributed by atoms with Crippen LogP contribution in [0.25, 0.3) is 10.1 Å². The van der Waals surface area contributed by atoms with Crippen LogP contribution in [0.4, 0.5) is 17.6 Å². The molecule has 52 heavy (non-hydrogen) atoms. The number of fused-ring (bicyclic) bond motifs is 1. The van der Waals surface area contributed by atoms with E-state index in [0.29, 0.717) is 59.5 Å². The first-order chi connectivity index (χ1) is 24.2. The van der Waals surface area contributed by atoms with Gasteiger partial charge in [-0.25, -0.2) is 22.2 Å². The number of nitrogens with two attached hydrogens (primary N) is 2. The van der Waals surface area contributed by atoms with Crippen molar-refractivity contribution in [1.29, 1.82) is 16.1 Å². The molecule has 0 amide bonds. The molecular weight excluding hydrogens is 763 g/mol. The van der Waals surface area contributed by atoms with Crippen molar-refractivity contribution in [3.8, 4) is 23.3 Å². The molecule has 0 saturated carbocycles. The Hall–Kier alpha value is -4.88. The summed E-state index contributed by atoms with van der Waals surface area (Å²) in [5, 5.41) is 36.4. The fraction of sp³-hybridized carbons (Fsp3) is 0.357. The van der Waals surface area contributed by atoms with E-state index in [2.05, 4.69) is 15.4 Å². The molecule has 0 bridgehead atoms. The average Bonchev–Trinajstić information content (AvgIpc) is 3.41. The lowest BCUT2D eigenvalue weighted by Gasteiger charge is -2.15. The van der Waals surface area contributed by atoms with Crippen LogP contribution in [0.5, 0.6) is 17.2 Å². The average molecular weight is 799 g/mol. The molecule has 3 aromatic rings. The molecule has 0 saturated heterocycles. The molecule has 2 aromatic carbocycles. The second kappa shape index (κ2) is 19.1. The van der Waals surface area contributed by atoms with Crippen molar-refractivity contribution < 1.29 is 59.3 Å². The number of carboxylic acid groups (broad SMARTS) is 1. The highest BCUT2D eigenvalue weighted by molar-refractivity contribution is 7.92. The summed E-state index contributed by atoms with van der Waals surface area (Å²) in [7, 11) is -8.95. The van der Waals surface area contributed by atoms with E-state index in [0.717, 1.165) is 29.5 Å². The summed E-state index contributed by atoms with van der Waals surface area (Å²) in [4.78, 5) is 19.2. The zero-order valence-electron chi connectivity index (χ0n) is 27.2. The third-order valence-electron chi connectivity index (χ3n) is 6.21. The number of aliphatic carboxylic acids is 1. The van der Waals surface area contributed by atoms with Gasteiger partial charge in [0.25, 0.3) is 10.0 Å². The number of ether oxygens (including phenoxy) is 2. The summed E-state index contributed by atoms with van der Waals surface area (Å²) >= 11 is 0.939. The van der Waals surface area contributed by atoms with E-state index in [9.17, 15) is 35.4 Å². The molecule has 3 rings (SSSR count). The number of benzene rings is 2. The maximum absolute atomic E-state index is 13.9. The van der Waals surface area contributed by atoms with Crippen molar-refractivity contribution in [2.45, 2.75) is 36.6 Å². The predicted molar refractivity (Wildman–Crippen MR) is 182 cm³/mol. The van der Waals surface area contributed by atoms with Crippen LogP contribution in [0.3, 0.4) is 0 Å². The number of nitrogens with zero attached hydrogens (tertiary/aromatic N) is 1. The van der Waals surface area contributed by atoms with Crippen LogP contribution in [0.1, 0.15) is 30.9 Å². The Labute approximate surface area is 298 Å². The van der Waals surface area contributed by atoms with Crippen LogP contribution in [-0.4, -0.2) is 75.1 Å². The van der Waals surface area contributed by atoms with Crippen LogP contribution >= 0.6 is 18.9 Å². The number of rotatable bonds is 17. The van der Waals surface area contributed by atoms with Crippen LogP contribution in [0, 0.1) is 28.0 Å². The van der Waals surface area contributed by atoms with E-state index in [1.165, 1.54) is 0 Å². The Morgan fingerprint density at radius 3 is 2.06 bits per heavy atom. The molecule has 1 unspecified atom stereocenters. The lowest BCUT2D eigenvalue weighted by atomic mass is 10.1. The van der Waals surface area contributed by atoms with Gasteiger partial charge in [0.15, 0.2) is 23.4 Å². The molecule has 0 aliphatic heterocycles. The molecule has 0 aliphatic rings. The number of aryl methyl sites for hydroxylation is 1.